The Kier molecular flexibility index (Phi) is 5.81. The lowest BCUT2D eigenvalue weighted by Gasteiger charge is -2.10. The van der Waals surface area contributed by atoms with Crippen LogP contribution in [0.4, 0.5) is 0 Å². The second-order valence-electron chi connectivity index (χ2n) is 5.25. The topological polar surface area (TPSA) is 91.2 Å². The average molecular weight is 393 g/mol. The van der Waals surface area contributed by atoms with E-state index in [-0.39, 0.29) is 23.2 Å². The van der Waals surface area contributed by atoms with Crippen molar-refractivity contribution >= 4 is 28.1 Å². The van der Waals surface area contributed by atoms with Crippen LogP contribution in [0.3, 0.4) is 0 Å². The van der Waals surface area contributed by atoms with Crippen LogP contribution in [0.1, 0.15) is 29.8 Å². The minimum Gasteiger partial charge on any atom is -0.507 e. The molecule has 0 spiro atoms. The highest BCUT2D eigenvalue weighted by Gasteiger charge is 2.10. The molecule has 0 radical (unpaired) electrons. The number of nitrogens with one attached hydrogen (secondary N) is 1. The molecule has 2 aromatic carbocycles. The van der Waals surface area contributed by atoms with Crippen LogP contribution in [0, 0.1) is 0 Å². The van der Waals surface area contributed by atoms with Gasteiger partial charge in [0.05, 0.1) is 17.9 Å². The Hall–Kier alpha value is -2.54. The first-order chi connectivity index (χ1) is 11.4. The summed E-state index contributed by atoms with van der Waals surface area (Å²) in [5, 5.41) is 23.4. The zero-order valence-corrected chi connectivity index (χ0v) is 14.7. The van der Waals surface area contributed by atoms with Crippen LogP contribution in [0.25, 0.3) is 0 Å². The first-order valence-corrected chi connectivity index (χ1v) is 7.97. The van der Waals surface area contributed by atoms with Gasteiger partial charge in [-0.25, -0.2) is 5.43 Å². The lowest BCUT2D eigenvalue weighted by atomic mass is 10.2. The van der Waals surface area contributed by atoms with Gasteiger partial charge in [0.1, 0.15) is 17.2 Å². The normalized spacial score (nSPS) is 11.0. The van der Waals surface area contributed by atoms with E-state index in [0.717, 1.165) is 0 Å². The van der Waals surface area contributed by atoms with E-state index in [2.05, 4.69) is 26.5 Å². The number of phenolic OH excluding ortho intramolecular Hbond substituents is 2. The predicted molar refractivity (Wildman–Crippen MR) is 94.7 cm³/mol. The highest BCUT2D eigenvalue weighted by molar-refractivity contribution is 9.10. The smallest absolute Gasteiger partial charge is 0.275 e. The number of amides is 1. The molecular formula is C17H17BrN2O4. The molecule has 0 heterocycles. The molecule has 3 N–H and O–H groups in total. The number of carbonyl (C=O) groups excluding carboxylic acids is 1. The van der Waals surface area contributed by atoms with Crippen LogP contribution >= 0.6 is 15.9 Å². The number of carbonyl (C=O) groups is 1. The van der Waals surface area contributed by atoms with Gasteiger partial charge in [-0.15, -0.1) is 0 Å². The summed E-state index contributed by atoms with van der Waals surface area (Å²) < 4.78 is 6.13. The van der Waals surface area contributed by atoms with Crippen LogP contribution in [-0.2, 0) is 0 Å². The van der Waals surface area contributed by atoms with Crippen molar-refractivity contribution in [1.29, 1.82) is 0 Å². The second kappa shape index (κ2) is 7.83. The van der Waals surface area contributed by atoms with Gasteiger partial charge in [-0.2, -0.15) is 5.10 Å². The molecule has 0 saturated heterocycles. The van der Waals surface area contributed by atoms with E-state index in [9.17, 15) is 15.0 Å². The van der Waals surface area contributed by atoms with Gasteiger partial charge in [0, 0.05) is 16.1 Å². The quantitative estimate of drug-likeness (QED) is 0.536. The lowest BCUT2D eigenvalue weighted by molar-refractivity contribution is 0.0952. The summed E-state index contributed by atoms with van der Waals surface area (Å²) in [6.45, 7) is 3.78. The van der Waals surface area contributed by atoms with Gasteiger partial charge in [-0.3, -0.25) is 4.79 Å². The number of hydrazone groups is 1. The van der Waals surface area contributed by atoms with Crippen LogP contribution in [0.2, 0.25) is 0 Å². The Labute approximate surface area is 147 Å². The highest BCUT2D eigenvalue weighted by atomic mass is 79.9. The van der Waals surface area contributed by atoms with Crippen molar-refractivity contribution in [3.05, 3.63) is 52.0 Å². The van der Waals surface area contributed by atoms with Crippen LogP contribution < -0.4 is 10.2 Å². The Morgan fingerprint density at radius 1 is 1.21 bits per heavy atom. The van der Waals surface area contributed by atoms with E-state index in [0.29, 0.717) is 15.8 Å². The molecule has 2 rings (SSSR count). The monoisotopic (exact) mass is 392 g/mol. The van der Waals surface area contributed by atoms with E-state index in [1.165, 1.54) is 24.4 Å². The predicted octanol–water partition coefficient (Wildman–Crippen LogP) is 3.41. The first-order valence-electron chi connectivity index (χ1n) is 7.18. The second-order valence-corrected chi connectivity index (χ2v) is 6.16. The summed E-state index contributed by atoms with van der Waals surface area (Å²) in [5.41, 5.74) is 2.81. The number of aromatic hydroxyl groups is 2. The SMILES string of the molecule is CC(C)Oc1ccc(/C=N\NC(=O)c2cc(Br)ccc2O)c(O)c1. The molecule has 0 aromatic heterocycles. The molecule has 126 valence electrons. The molecule has 0 unspecified atom stereocenters. The van der Waals surface area contributed by atoms with Crippen molar-refractivity contribution in [3.63, 3.8) is 0 Å². The van der Waals surface area contributed by atoms with Crippen molar-refractivity contribution in [2.45, 2.75) is 20.0 Å². The standard InChI is InChI=1S/C17H17BrN2O4/c1-10(2)24-13-5-3-11(16(22)8-13)9-19-20-17(23)14-7-12(18)4-6-15(14)21/h3-10,21-22H,1-2H3,(H,20,23)/b19-9-. The number of halogens is 1. The summed E-state index contributed by atoms with van der Waals surface area (Å²) >= 11 is 3.23. The molecule has 24 heavy (non-hydrogen) atoms. The molecule has 0 atom stereocenters. The van der Waals surface area contributed by atoms with Crippen molar-refractivity contribution in [2.75, 3.05) is 0 Å². The van der Waals surface area contributed by atoms with E-state index >= 15 is 0 Å². The van der Waals surface area contributed by atoms with Gasteiger partial charge in [0.15, 0.2) is 0 Å². The Bertz CT molecular complexity index is 775. The number of hydrogen-bond acceptors (Lipinski definition) is 5. The third kappa shape index (κ3) is 4.73. The molecule has 0 saturated carbocycles. The van der Waals surface area contributed by atoms with Crippen molar-refractivity contribution in [2.24, 2.45) is 5.10 Å². The Morgan fingerprint density at radius 2 is 1.96 bits per heavy atom. The summed E-state index contributed by atoms with van der Waals surface area (Å²) in [4.78, 5) is 12.0. The minimum absolute atomic E-state index is 0.000999. The number of ether oxygens (including phenoxy) is 1. The number of benzene rings is 2. The van der Waals surface area contributed by atoms with Crippen LogP contribution in [0.15, 0.2) is 46.0 Å². The van der Waals surface area contributed by atoms with Gasteiger partial charge in [0.25, 0.3) is 5.91 Å². The Balaban J connectivity index is 2.06. The third-order valence-electron chi connectivity index (χ3n) is 2.95. The molecular weight excluding hydrogens is 376 g/mol. The van der Waals surface area contributed by atoms with E-state index in [4.69, 9.17) is 4.74 Å². The van der Waals surface area contributed by atoms with Gasteiger partial charge in [-0.05, 0) is 44.2 Å². The van der Waals surface area contributed by atoms with E-state index in [1.807, 2.05) is 13.8 Å². The summed E-state index contributed by atoms with van der Waals surface area (Å²) in [6, 6.07) is 9.30. The molecule has 2 aromatic rings. The third-order valence-corrected chi connectivity index (χ3v) is 3.44. The minimum atomic E-state index is -0.565. The van der Waals surface area contributed by atoms with Gasteiger partial charge >= 0.3 is 0 Å². The molecule has 1 amide bonds. The lowest BCUT2D eigenvalue weighted by Crippen LogP contribution is -2.17. The fourth-order valence-electron chi connectivity index (χ4n) is 1.89. The Morgan fingerprint density at radius 3 is 2.62 bits per heavy atom. The average Bonchev–Trinajstić information content (AvgIpc) is 2.51. The number of rotatable bonds is 5. The maximum atomic E-state index is 12.0. The number of nitrogens with zero attached hydrogens (tertiary/aromatic N) is 1. The molecule has 0 aliphatic heterocycles. The fourth-order valence-corrected chi connectivity index (χ4v) is 2.25. The number of hydrogen-bond donors (Lipinski definition) is 3. The summed E-state index contributed by atoms with van der Waals surface area (Å²) in [7, 11) is 0. The van der Waals surface area contributed by atoms with Crippen molar-refractivity contribution in [1.82, 2.24) is 5.43 Å². The first kappa shape index (κ1) is 17.8. The largest absolute Gasteiger partial charge is 0.507 e. The zero-order valence-electron chi connectivity index (χ0n) is 13.2. The molecule has 0 aliphatic carbocycles. The highest BCUT2D eigenvalue weighted by Crippen LogP contribution is 2.23. The van der Waals surface area contributed by atoms with Crippen LogP contribution in [0.5, 0.6) is 17.2 Å². The van der Waals surface area contributed by atoms with Gasteiger partial charge in [0.2, 0.25) is 0 Å². The molecule has 7 heteroatoms. The zero-order chi connectivity index (χ0) is 17.7. The fraction of sp³-hybridized carbons (Fsp3) is 0.176. The van der Waals surface area contributed by atoms with Crippen molar-refractivity contribution in [3.8, 4) is 17.2 Å². The van der Waals surface area contributed by atoms with E-state index in [1.54, 1.807) is 18.2 Å². The van der Waals surface area contributed by atoms with Gasteiger partial charge < -0.3 is 14.9 Å². The molecule has 0 bridgehead atoms. The van der Waals surface area contributed by atoms with Crippen LogP contribution in [-0.4, -0.2) is 28.4 Å². The molecule has 0 aliphatic rings. The summed E-state index contributed by atoms with van der Waals surface area (Å²) in [6.07, 6.45) is 1.31. The van der Waals surface area contributed by atoms with Crippen molar-refractivity contribution < 1.29 is 19.7 Å². The summed E-state index contributed by atoms with van der Waals surface area (Å²) in [5.74, 6) is -0.188. The molecule has 0 fully saturated rings. The maximum Gasteiger partial charge on any atom is 0.275 e. The molecule has 6 nitrogen and oxygen atoms in total. The van der Waals surface area contributed by atoms with E-state index < -0.39 is 5.91 Å². The number of phenols is 2. The van der Waals surface area contributed by atoms with Gasteiger partial charge in [-0.1, -0.05) is 15.9 Å². The maximum absolute atomic E-state index is 12.0.